The van der Waals surface area contributed by atoms with Gasteiger partial charge in [0, 0.05) is 5.56 Å². The first kappa shape index (κ1) is 19.4. The number of aromatic nitrogens is 2. The van der Waals surface area contributed by atoms with E-state index in [9.17, 15) is 9.90 Å². The van der Waals surface area contributed by atoms with Gasteiger partial charge in [-0.15, -0.1) is 11.8 Å². The zero-order chi connectivity index (χ0) is 20.7. The van der Waals surface area contributed by atoms with Crippen LogP contribution in [0.5, 0.6) is 11.5 Å². The van der Waals surface area contributed by atoms with Crippen LogP contribution in [0.4, 0.5) is 5.82 Å². The third kappa shape index (κ3) is 3.46. The van der Waals surface area contributed by atoms with Crippen molar-refractivity contribution in [1.82, 2.24) is 9.78 Å². The molecule has 1 aromatic heterocycles. The molecule has 0 fully saturated rings. The Morgan fingerprint density at radius 1 is 1.17 bits per heavy atom. The Morgan fingerprint density at radius 2 is 1.90 bits per heavy atom. The molecular weight excluding hydrogens is 386 g/mol. The minimum Gasteiger partial charge on any atom is -0.504 e. The van der Waals surface area contributed by atoms with Gasteiger partial charge in [0.05, 0.1) is 29.0 Å². The smallest absolute Gasteiger partial charge is 0.238 e. The zero-order valence-corrected chi connectivity index (χ0v) is 17.6. The number of nitrogens with one attached hydrogen (secondary N) is 1. The van der Waals surface area contributed by atoms with E-state index in [1.165, 1.54) is 7.11 Å². The second-order valence-electron chi connectivity index (χ2n) is 7.17. The summed E-state index contributed by atoms with van der Waals surface area (Å²) in [5.74, 6) is 1.12. The molecule has 7 heteroatoms. The number of amides is 1. The SMILES string of the molecule is COc1cc([C@@H]2S[C@@H](C)C(=O)Nc3c2c(C)nn3-c2ccc(C)cc2)ccc1O. The lowest BCUT2D eigenvalue weighted by Gasteiger charge is -2.18. The molecule has 0 spiro atoms. The zero-order valence-electron chi connectivity index (χ0n) is 16.8. The lowest BCUT2D eigenvalue weighted by molar-refractivity contribution is -0.115. The summed E-state index contributed by atoms with van der Waals surface area (Å²) >= 11 is 1.56. The first-order chi connectivity index (χ1) is 13.9. The van der Waals surface area contributed by atoms with Crippen LogP contribution in [0.3, 0.4) is 0 Å². The van der Waals surface area contributed by atoms with E-state index in [1.807, 2.05) is 57.2 Å². The topological polar surface area (TPSA) is 76.4 Å². The summed E-state index contributed by atoms with van der Waals surface area (Å²) in [5, 5.41) is 17.4. The van der Waals surface area contributed by atoms with Gasteiger partial charge in [0.25, 0.3) is 0 Å². The molecule has 1 aliphatic heterocycles. The maximum atomic E-state index is 12.7. The van der Waals surface area contributed by atoms with Gasteiger partial charge in [0.2, 0.25) is 5.91 Å². The van der Waals surface area contributed by atoms with E-state index >= 15 is 0 Å². The average Bonchev–Trinajstić information content (AvgIpc) is 2.95. The summed E-state index contributed by atoms with van der Waals surface area (Å²) in [4.78, 5) is 12.7. The Morgan fingerprint density at radius 3 is 2.59 bits per heavy atom. The third-order valence-electron chi connectivity index (χ3n) is 5.11. The molecule has 0 aliphatic carbocycles. The number of anilines is 1. The van der Waals surface area contributed by atoms with E-state index in [0.717, 1.165) is 28.1 Å². The number of benzene rings is 2. The summed E-state index contributed by atoms with van der Waals surface area (Å²) in [6.45, 7) is 5.89. The molecule has 6 nitrogen and oxygen atoms in total. The second kappa shape index (κ2) is 7.48. The number of carbonyl (C=O) groups is 1. The lowest BCUT2D eigenvalue weighted by Crippen LogP contribution is -2.22. The van der Waals surface area contributed by atoms with Crippen LogP contribution in [0.25, 0.3) is 5.69 Å². The van der Waals surface area contributed by atoms with Crippen LogP contribution in [0.2, 0.25) is 0 Å². The number of aryl methyl sites for hydroxylation is 2. The minimum absolute atomic E-state index is 0.0576. The van der Waals surface area contributed by atoms with Gasteiger partial charge in [-0.05, 0) is 50.6 Å². The van der Waals surface area contributed by atoms with Gasteiger partial charge in [-0.3, -0.25) is 4.79 Å². The average molecular weight is 410 g/mol. The number of hydrogen-bond donors (Lipinski definition) is 2. The van der Waals surface area contributed by atoms with E-state index in [2.05, 4.69) is 5.32 Å². The maximum Gasteiger partial charge on any atom is 0.238 e. The first-order valence-corrected chi connectivity index (χ1v) is 10.3. The number of ether oxygens (including phenoxy) is 1. The van der Waals surface area contributed by atoms with Crippen molar-refractivity contribution < 1.29 is 14.6 Å². The molecule has 29 heavy (non-hydrogen) atoms. The number of rotatable bonds is 3. The normalized spacial score (nSPS) is 18.7. The van der Waals surface area contributed by atoms with Crippen LogP contribution in [0.15, 0.2) is 42.5 Å². The number of thioether (sulfide) groups is 1. The Kier molecular flexibility index (Phi) is 5.00. The van der Waals surface area contributed by atoms with Crippen molar-refractivity contribution in [1.29, 1.82) is 0 Å². The molecule has 0 radical (unpaired) electrons. The number of methoxy groups -OCH3 is 1. The van der Waals surface area contributed by atoms with Crippen LogP contribution in [-0.2, 0) is 4.79 Å². The molecule has 2 atom stereocenters. The molecule has 0 saturated carbocycles. The Labute approximate surface area is 173 Å². The van der Waals surface area contributed by atoms with Crippen molar-refractivity contribution in [2.45, 2.75) is 31.3 Å². The third-order valence-corrected chi connectivity index (χ3v) is 6.51. The van der Waals surface area contributed by atoms with Crippen LogP contribution < -0.4 is 10.1 Å². The van der Waals surface area contributed by atoms with Gasteiger partial charge in [0.1, 0.15) is 5.82 Å². The highest BCUT2D eigenvalue weighted by atomic mass is 32.2. The highest BCUT2D eigenvalue weighted by Crippen LogP contribution is 2.47. The van der Waals surface area contributed by atoms with Gasteiger partial charge < -0.3 is 15.2 Å². The van der Waals surface area contributed by atoms with Crippen LogP contribution in [-0.4, -0.2) is 33.2 Å². The van der Waals surface area contributed by atoms with Crippen molar-refractivity contribution in [2.24, 2.45) is 0 Å². The number of fused-ring (bicyclic) bond motifs is 1. The van der Waals surface area contributed by atoms with Crippen molar-refractivity contribution in [3.05, 3.63) is 64.8 Å². The largest absolute Gasteiger partial charge is 0.504 e. The molecule has 1 amide bonds. The van der Waals surface area contributed by atoms with Gasteiger partial charge in [-0.2, -0.15) is 5.10 Å². The predicted molar refractivity (Wildman–Crippen MR) is 115 cm³/mol. The fourth-order valence-electron chi connectivity index (χ4n) is 3.50. The maximum absolute atomic E-state index is 12.7. The second-order valence-corrected chi connectivity index (χ2v) is 8.62. The highest BCUT2D eigenvalue weighted by molar-refractivity contribution is 8.01. The molecule has 2 aromatic carbocycles. The fraction of sp³-hybridized carbons (Fsp3) is 0.273. The molecule has 3 aromatic rings. The van der Waals surface area contributed by atoms with Gasteiger partial charge in [-0.1, -0.05) is 23.8 Å². The summed E-state index contributed by atoms with van der Waals surface area (Å²) in [5.41, 5.74) is 4.80. The van der Waals surface area contributed by atoms with Crippen molar-refractivity contribution in [2.75, 3.05) is 12.4 Å². The van der Waals surface area contributed by atoms with Crippen molar-refractivity contribution in [3.8, 4) is 17.2 Å². The van der Waals surface area contributed by atoms with E-state index in [0.29, 0.717) is 11.6 Å². The molecule has 150 valence electrons. The molecule has 0 saturated heterocycles. The summed E-state index contributed by atoms with van der Waals surface area (Å²) in [6.07, 6.45) is 0. The summed E-state index contributed by atoms with van der Waals surface area (Å²) in [7, 11) is 1.53. The van der Waals surface area contributed by atoms with Gasteiger partial charge >= 0.3 is 0 Å². The number of carbonyl (C=O) groups excluding carboxylic acids is 1. The molecule has 2 N–H and O–H groups in total. The standard InChI is InChI=1S/C22H23N3O3S/c1-12-5-8-16(9-6-12)25-21-19(13(2)24-25)20(29-14(3)22(27)23-21)15-7-10-17(26)18(11-15)28-4/h5-11,14,20,26H,1-4H3,(H,23,27)/t14-,20-/m0/s1. The molecule has 0 bridgehead atoms. The Hall–Kier alpha value is -2.93. The van der Waals surface area contributed by atoms with Crippen molar-refractivity contribution in [3.63, 3.8) is 0 Å². The molecule has 1 aliphatic rings. The van der Waals surface area contributed by atoms with Crippen LogP contribution in [0.1, 0.15) is 34.6 Å². The van der Waals surface area contributed by atoms with Gasteiger partial charge in [-0.25, -0.2) is 4.68 Å². The first-order valence-electron chi connectivity index (χ1n) is 9.39. The van der Waals surface area contributed by atoms with E-state index in [4.69, 9.17) is 9.84 Å². The monoisotopic (exact) mass is 409 g/mol. The van der Waals surface area contributed by atoms with Crippen LogP contribution >= 0.6 is 11.8 Å². The molecular formula is C22H23N3O3S. The van der Waals surface area contributed by atoms with Gasteiger partial charge in [0.15, 0.2) is 11.5 Å². The number of phenolic OH excluding ortho intramolecular Hbond substituents is 1. The molecule has 0 unspecified atom stereocenters. The quantitative estimate of drug-likeness (QED) is 0.672. The molecule has 2 heterocycles. The predicted octanol–water partition coefficient (Wildman–Crippen LogP) is 4.37. The van der Waals surface area contributed by atoms with Crippen molar-refractivity contribution >= 4 is 23.5 Å². The van der Waals surface area contributed by atoms with E-state index < -0.39 is 0 Å². The number of hydrogen-bond acceptors (Lipinski definition) is 5. The number of phenols is 1. The number of nitrogens with zero attached hydrogens (tertiary/aromatic N) is 2. The Balaban J connectivity index is 1.90. The fourth-order valence-corrected chi connectivity index (χ4v) is 4.81. The van der Waals surface area contributed by atoms with E-state index in [1.54, 1.807) is 22.5 Å². The molecule has 4 rings (SSSR count). The number of aromatic hydroxyl groups is 1. The van der Waals surface area contributed by atoms with Crippen LogP contribution in [0, 0.1) is 13.8 Å². The summed E-state index contributed by atoms with van der Waals surface area (Å²) < 4.78 is 7.09. The van der Waals surface area contributed by atoms with E-state index in [-0.39, 0.29) is 22.2 Å². The highest BCUT2D eigenvalue weighted by Gasteiger charge is 2.34. The Bertz CT molecular complexity index is 1080. The lowest BCUT2D eigenvalue weighted by atomic mass is 10.0. The summed E-state index contributed by atoms with van der Waals surface area (Å²) in [6, 6.07) is 13.3. The minimum atomic E-state index is -0.252.